The Kier molecular flexibility index (Phi) is 4.34. The van der Waals surface area contributed by atoms with E-state index in [1.807, 2.05) is 20.8 Å². The lowest BCUT2D eigenvalue weighted by molar-refractivity contribution is -0.140. The zero-order chi connectivity index (χ0) is 15.6. The van der Waals surface area contributed by atoms with Crippen molar-refractivity contribution in [2.75, 3.05) is 0 Å². The van der Waals surface area contributed by atoms with Crippen LogP contribution in [0.2, 0.25) is 0 Å². The fraction of sp³-hybridized carbons (Fsp3) is 0.667. The molecule has 1 unspecified atom stereocenters. The van der Waals surface area contributed by atoms with E-state index >= 15 is 0 Å². The van der Waals surface area contributed by atoms with Crippen LogP contribution in [0.1, 0.15) is 62.0 Å². The van der Waals surface area contributed by atoms with Gasteiger partial charge in [0.1, 0.15) is 5.76 Å². The molecule has 1 fully saturated rings. The number of aromatic nitrogens is 1. The zero-order valence-corrected chi connectivity index (χ0v) is 12.7. The molecule has 0 radical (unpaired) electrons. The Labute approximate surface area is 123 Å². The van der Waals surface area contributed by atoms with Gasteiger partial charge in [-0.05, 0) is 39.0 Å². The van der Waals surface area contributed by atoms with E-state index in [1.54, 1.807) is 0 Å². The second-order valence-corrected chi connectivity index (χ2v) is 6.10. The third-order valence-corrected chi connectivity index (χ3v) is 4.28. The van der Waals surface area contributed by atoms with E-state index in [1.165, 1.54) is 0 Å². The largest absolute Gasteiger partial charge is 0.481 e. The Bertz CT molecular complexity index is 526. The highest BCUT2D eigenvalue weighted by Crippen LogP contribution is 2.35. The second-order valence-electron chi connectivity index (χ2n) is 6.10. The predicted molar refractivity (Wildman–Crippen MR) is 76.0 cm³/mol. The van der Waals surface area contributed by atoms with Crippen LogP contribution in [0.4, 0.5) is 0 Å². The molecule has 0 aliphatic heterocycles. The smallest absolute Gasteiger partial charge is 0.305 e. The standard InChI is InChI=1S/C15H22N2O4/c1-9(14-10(2)17-21-11(14)3)7-12(18)16-15(5-4-6-15)8-13(19)20/h9H,4-8H2,1-3H3,(H,16,18)(H,19,20). The molecule has 1 aliphatic rings. The molecule has 21 heavy (non-hydrogen) atoms. The molecule has 0 aromatic carbocycles. The average Bonchev–Trinajstić information content (AvgIpc) is 2.65. The highest BCUT2D eigenvalue weighted by Gasteiger charge is 2.40. The number of nitrogens with zero attached hydrogens (tertiary/aromatic N) is 1. The molecule has 116 valence electrons. The van der Waals surface area contributed by atoms with Gasteiger partial charge in [0, 0.05) is 12.0 Å². The number of hydrogen-bond donors (Lipinski definition) is 2. The van der Waals surface area contributed by atoms with Crippen LogP contribution < -0.4 is 5.32 Å². The van der Waals surface area contributed by atoms with Crippen LogP contribution in [-0.2, 0) is 9.59 Å². The molecule has 2 rings (SSSR count). The Morgan fingerprint density at radius 1 is 1.43 bits per heavy atom. The SMILES string of the molecule is Cc1noc(C)c1C(C)CC(=O)NC1(CC(=O)O)CCC1. The number of carbonyl (C=O) groups is 2. The van der Waals surface area contributed by atoms with Crippen molar-refractivity contribution in [3.63, 3.8) is 0 Å². The predicted octanol–water partition coefficient (Wildman–Crippen LogP) is 2.30. The summed E-state index contributed by atoms with van der Waals surface area (Å²) in [6.45, 7) is 5.65. The number of rotatable bonds is 6. The van der Waals surface area contributed by atoms with Crippen molar-refractivity contribution in [1.29, 1.82) is 0 Å². The molecule has 6 heteroatoms. The lowest BCUT2D eigenvalue weighted by Crippen LogP contribution is -2.54. The first-order valence-electron chi connectivity index (χ1n) is 7.28. The Morgan fingerprint density at radius 3 is 2.52 bits per heavy atom. The van der Waals surface area contributed by atoms with Gasteiger partial charge in [-0.1, -0.05) is 12.1 Å². The van der Waals surface area contributed by atoms with Crippen molar-refractivity contribution in [2.45, 2.75) is 64.3 Å². The van der Waals surface area contributed by atoms with Gasteiger partial charge in [0.05, 0.1) is 17.7 Å². The van der Waals surface area contributed by atoms with Crippen molar-refractivity contribution >= 4 is 11.9 Å². The summed E-state index contributed by atoms with van der Waals surface area (Å²) < 4.78 is 5.12. The van der Waals surface area contributed by atoms with E-state index in [0.717, 1.165) is 36.3 Å². The fourth-order valence-electron chi connectivity index (χ4n) is 3.16. The fourth-order valence-corrected chi connectivity index (χ4v) is 3.16. The van der Waals surface area contributed by atoms with E-state index in [4.69, 9.17) is 9.63 Å². The van der Waals surface area contributed by atoms with Crippen LogP contribution in [0, 0.1) is 13.8 Å². The lowest BCUT2D eigenvalue weighted by Gasteiger charge is -2.41. The van der Waals surface area contributed by atoms with Crippen molar-refractivity contribution in [3.8, 4) is 0 Å². The number of aliphatic carboxylic acids is 1. The molecule has 0 spiro atoms. The van der Waals surface area contributed by atoms with Crippen LogP contribution in [0.3, 0.4) is 0 Å². The topological polar surface area (TPSA) is 92.4 Å². The van der Waals surface area contributed by atoms with E-state index in [0.29, 0.717) is 6.42 Å². The molecule has 1 atom stereocenters. The van der Waals surface area contributed by atoms with E-state index in [2.05, 4.69) is 10.5 Å². The van der Waals surface area contributed by atoms with Crippen molar-refractivity contribution in [2.24, 2.45) is 0 Å². The van der Waals surface area contributed by atoms with E-state index < -0.39 is 11.5 Å². The number of carboxylic acids is 1. The Morgan fingerprint density at radius 2 is 2.10 bits per heavy atom. The Hall–Kier alpha value is -1.85. The maximum Gasteiger partial charge on any atom is 0.305 e. The number of nitrogens with one attached hydrogen (secondary N) is 1. The maximum atomic E-state index is 12.2. The van der Waals surface area contributed by atoms with Crippen LogP contribution in [0.25, 0.3) is 0 Å². The quantitative estimate of drug-likeness (QED) is 0.839. The van der Waals surface area contributed by atoms with Gasteiger partial charge in [0.2, 0.25) is 5.91 Å². The molecule has 0 bridgehead atoms. The van der Waals surface area contributed by atoms with Gasteiger partial charge in [-0.2, -0.15) is 0 Å². The number of aryl methyl sites for hydroxylation is 2. The molecule has 2 N–H and O–H groups in total. The minimum Gasteiger partial charge on any atom is -0.481 e. The molecule has 0 saturated heterocycles. The first kappa shape index (κ1) is 15.5. The first-order chi connectivity index (χ1) is 9.83. The van der Waals surface area contributed by atoms with Crippen LogP contribution in [0.5, 0.6) is 0 Å². The summed E-state index contributed by atoms with van der Waals surface area (Å²) in [4.78, 5) is 23.1. The monoisotopic (exact) mass is 294 g/mol. The molecule has 1 aromatic heterocycles. The highest BCUT2D eigenvalue weighted by molar-refractivity contribution is 5.79. The minimum absolute atomic E-state index is 0.00155. The van der Waals surface area contributed by atoms with E-state index in [-0.39, 0.29) is 18.2 Å². The lowest BCUT2D eigenvalue weighted by atomic mass is 9.74. The van der Waals surface area contributed by atoms with Gasteiger partial charge in [0.15, 0.2) is 0 Å². The van der Waals surface area contributed by atoms with Gasteiger partial charge < -0.3 is 14.9 Å². The van der Waals surface area contributed by atoms with Gasteiger partial charge in [-0.25, -0.2) is 0 Å². The highest BCUT2D eigenvalue weighted by atomic mass is 16.5. The summed E-state index contributed by atoms with van der Waals surface area (Å²) in [7, 11) is 0. The van der Waals surface area contributed by atoms with Crippen molar-refractivity contribution < 1.29 is 19.2 Å². The zero-order valence-electron chi connectivity index (χ0n) is 12.7. The summed E-state index contributed by atoms with van der Waals surface area (Å²) in [5, 5.41) is 15.8. The summed E-state index contributed by atoms with van der Waals surface area (Å²) >= 11 is 0. The summed E-state index contributed by atoms with van der Waals surface area (Å²) in [5.74, 6) is -0.243. The van der Waals surface area contributed by atoms with Crippen LogP contribution in [-0.4, -0.2) is 27.7 Å². The third-order valence-electron chi connectivity index (χ3n) is 4.28. The Balaban J connectivity index is 1.97. The molecular formula is C15H22N2O4. The molecule has 1 aliphatic carbocycles. The van der Waals surface area contributed by atoms with Gasteiger partial charge in [0.25, 0.3) is 0 Å². The summed E-state index contributed by atoms with van der Waals surface area (Å²) in [6.07, 6.45) is 2.76. The van der Waals surface area contributed by atoms with Crippen LogP contribution in [0.15, 0.2) is 4.52 Å². The van der Waals surface area contributed by atoms with Gasteiger partial charge in [-0.15, -0.1) is 0 Å². The summed E-state index contributed by atoms with van der Waals surface area (Å²) in [6, 6.07) is 0. The second kappa shape index (κ2) is 5.87. The van der Waals surface area contributed by atoms with Crippen molar-refractivity contribution in [3.05, 3.63) is 17.0 Å². The molecule has 1 saturated carbocycles. The molecule has 6 nitrogen and oxygen atoms in total. The third kappa shape index (κ3) is 3.43. The number of amides is 1. The number of carbonyl (C=O) groups excluding carboxylic acids is 1. The van der Waals surface area contributed by atoms with Gasteiger partial charge in [-0.3, -0.25) is 9.59 Å². The summed E-state index contributed by atoms with van der Waals surface area (Å²) in [5.41, 5.74) is 1.23. The average molecular weight is 294 g/mol. The van der Waals surface area contributed by atoms with Crippen molar-refractivity contribution in [1.82, 2.24) is 10.5 Å². The molecular weight excluding hydrogens is 272 g/mol. The normalized spacial score (nSPS) is 17.9. The maximum absolute atomic E-state index is 12.2. The van der Waals surface area contributed by atoms with Gasteiger partial charge >= 0.3 is 5.97 Å². The number of carboxylic acid groups (broad SMARTS) is 1. The molecule has 1 amide bonds. The molecule has 1 heterocycles. The number of hydrogen-bond acceptors (Lipinski definition) is 4. The first-order valence-corrected chi connectivity index (χ1v) is 7.28. The van der Waals surface area contributed by atoms with Crippen LogP contribution >= 0.6 is 0 Å². The van der Waals surface area contributed by atoms with E-state index in [9.17, 15) is 9.59 Å². The molecule has 1 aromatic rings. The minimum atomic E-state index is -0.867.